The lowest BCUT2D eigenvalue weighted by atomic mass is 10.0. The van der Waals surface area contributed by atoms with E-state index in [1.165, 1.54) is 24.3 Å². The van der Waals surface area contributed by atoms with Crippen molar-refractivity contribution >= 4 is 17.7 Å². The number of rotatable bonds is 5. The molecule has 0 aromatic rings. The normalized spacial score (nSPS) is 19.9. The minimum absolute atomic E-state index is 0.0232. The van der Waals surface area contributed by atoms with Crippen molar-refractivity contribution in [3.63, 3.8) is 0 Å². The summed E-state index contributed by atoms with van der Waals surface area (Å²) < 4.78 is 0. The van der Waals surface area contributed by atoms with Crippen LogP contribution in [0.5, 0.6) is 0 Å². The monoisotopic (exact) mass is 230 g/mol. The summed E-state index contributed by atoms with van der Waals surface area (Å²) in [5.74, 6) is 3.17. The van der Waals surface area contributed by atoms with Crippen molar-refractivity contribution in [2.24, 2.45) is 11.7 Å². The molecule has 1 aliphatic heterocycles. The summed E-state index contributed by atoms with van der Waals surface area (Å²) in [4.78, 5) is 11.5. The lowest BCUT2D eigenvalue weighted by molar-refractivity contribution is -0.122. The van der Waals surface area contributed by atoms with Gasteiger partial charge in [0.25, 0.3) is 0 Å². The van der Waals surface area contributed by atoms with Crippen LogP contribution in [0.25, 0.3) is 0 Å². The number of nitrogens with one attached hydrogen (secondary N) is 1. The zero-order chi connectivity index (χ0) is 11.1. The van der Waals surface area contributed by atoms with Crippen molar-refractivity contribution in [1.29, 1.82) is 0 Å². The largest absolute Gasteiger partial charge is 0.354 e. The molecule has 1 amide bonds. The van der Waals surface area contributed by atoms with Crippen LogP contribution in [0.3, 0.4) is 0 Å². The number of nitrogens with two attached hydrogens (primary N) is 1. The highest BCUT2D eigenvalue weighted by Crippen LogP contribution is 2.21. The fourth-order valence-electron chi connectivity index (χ4n) is 1.77. The van der Waals surface area contributed by atoms with Crippen molar-refractivity contribution in [2.45, 2.75) is 38.6 Å². The van der Waals surface area contributed by atoms with Crippen molar-refractivity contribution in [1.82, 2.24) is 5.32 Å². The van der Waals surface area contributed by atoms with Gasteiger partial charge < -0.3 is 11.1 Å². The van der Waals surface area contributed by atoms with Crippen molar-refractivity contribution < 1.29 is 4.79 Å². The van der Waals surface area contributed by atoms with E-state index >= 15 is 0 Å². The molecule has 1 fully saturated rings. The third-order valence-electron chi connectivity index (χ3n) is 2.84. The van der Waals surface area contributed by atoms with Crippen LogP contribution in [0, 0.1) is 5.92 Å². The molecule has 0 radical (unpaired) electrons. The first-order chi connectivity index (χ1) is 7.24. The van der Waals surface area contributed by atoms with Crippen molar-refractivity contribution in [3.05, 3.63) is 0 Å². The van der Waals surface area contributed by atoms with Gasteiger partial charge in [-0.1, -0.05) is 13.3 Å². The maximum atomic E-state index is 11.5. The SMILES string of the molecule is CCC[C@@H](N)C(=O)NCC1CCSCC1. The number of thioether (sulfide) groups is 1. The van der Waals surface area contributed by atoms with E-state index < -0.39 is 0 Å². The summed E-state index contributed by atoms with van der Waals surface area (Å²) in [6.07, 6.45) is 4.21. The maximum Gasteiger partial charge on any atom is 0.236 e. The van der Waals surface area contributed by atoms with Crippen LogP contribution in [0.1, 0.15) is 32.6 Å². The highest BCUT2D eigenvalue weighted by molar-refractivity contribution is 7.99. The smallest absolute Gasteiger partial charge is 0.236 e. The third kappa shape index (κ3) is 4.89. The van der Waals surface area contributed by atoms with E-state index in [1.54, 1.807) is 0 Å². The Morgan fingerprint density at radius 1 is 1.53 bits per heavy atom. The molecule has 0 aromatic heterocycles. The Morgan fingerprint density at radius 3 is 2.80 bits per heavy atom. The molecular formula is C11H22N2OS. The van der Waals surface area contributed by atoms with Gasteiger partial charge in [-0.15, -0.1) is 0 Å². The molecule has 4 heteroatoms. The zero-order valence-electron chi connectivity index (χ0n) is 9.50. The Morgan fingerprint density at radius 2 is 2.20 bits per heavy atom. The quantitative estimate of drug-likeness (QED) is 0.750. The Kier molecular flexibility index (Phi) is 6.10. The van der Waals surface area contributed by atoms with Gasteiger partial charge in [0.05, 0.1) is 6.04 Å². The fourth-order valence-corrected chi connectivity index (χ4v) is 2.97. The molecule has 0 aromatic carbocycles. The number of amides is 1. The molecule has 3 nitrogen and oxygen atoms in total. The summed E-state index contributed by atoms with van der Waals surface area (Å²) in [6, 6.07) is -0.312. The molecule has 1 saturated heterocycles. The highest BCUT2D eigenvalue weighted by atomic mass is 32.2. The number of carbonyl (C=O) groups is 1. The summed E-state index contributed by atoms with van der Waals surface area (Å²) in [6.45, 7) is 2.86. The minimum Gasteiger partial charge on any atom is -0.354 e. The van der Waals surface area contributed by atoms with Gasteiger partial charge in [-0.05, 0) is 36.7 Å². The summed E-state index contributed by atoms with van der Waals surface area (Å²) in [7, 11) is 0. The topological polar surface area (TPSA) is 55.1 Å². The molecule has 1 heterocycles. The van der Waals surface area contributed by atoms with E-state index in [-0.39, 0.29) is 11.9 Å². The van der Waals surface area contributed by atoms with Crippen molar-refractivity contribution in [3.8, 4) is 0 Å². The predicted octanol–water partition coefficient (Wildman–Crippen LogP) is 1.37. The van der Waals surface area contributed by atoms with E-state index in [9.17, 15) is 4.79 Å². The average Bonchev–Trinajstić information content (AvgIpc) is 2.27. The molecule has 88 valence electrons. The predicted molar refractivity (Wildman–Crippen MR) is 65.9 cm³/mol. The fraction of sp³-hybridized carbons (Fsp3) is 0.909. The van der Waals surface area contributed by atoms with Gasteiger partial charge >= 0.3 is 0 Å². The third-order valence-corrected chi connectivity index (χ3v) is 3.89. The van der Waals surface area contributed by atoms with Gasteiger partial charge in [-0.3, -0.25) is 4.79 Å². The Balaban J connectivity index is 2.14. The van der Waals surface area contributed by atoms with Crippen molar-refractivity contribution in [2.75, 3.05) is 18.1 Å². The second kappa shape index (κ2) is 7.12. The van der Waals surface area contributed by atoms with Gasteiger partial charge in [0.2, 0.25) is 5.91 Å². The van der Waals surface area contributed by atoms with Crippen LogP contribution >= 0.6 is 11.8 Å². The van der Waals surface area contributed by atoms with E-state index in [4.69, 9.17) is 5.73 Å². The Hall–Kier alpha value is -0.220. The lowest BCUT2D eigenvalue weighted by Gasteiger charge is -2.22. The maximum absolute atomic E-state index is 11.5. The molecule has 3 N–H and O–H groups in total. The average molecular weight is 230 g/mol. The first-order valence-electron chi connectivity index (χ1n) is 5.85. The van der Waals surface area contributed by atoms with Gasteiger partial charge in [0, 0.05) is 6.54 Å². The first-order valence-corrected chi connectivity index (χ1v) is 7.00. The highest BCUT2D eigenvalue weighted by Gasteiger charge is 2.16. The molecule has 0 unspecified atom stereocenters. The zero-order valence-corrected chi connectivity index (χ0v) is 10.3. The van der Waals surface area contributed by atoms with Crippen LogP contribution in [-0.2, 0) is 4.79 Å². The van der Waals surface area contributed by atoms with Gasteiger partial charge in [0.1, 0.15) is 0 Å². The second-order valence-corrected chi connectivity index (χ2v) is 5.42. The van der Waals surface area contributed by atoms with Crippen LogP contribution in [-0.4, -0.2) is 30.0 Å². The summed E-state index contributed by atoms with van der Waals surface area (Å²) in [5, 5.41) is 2.96. The van der Waals surface area contributed by atoms with E-state index in [0.29, 0.717) is 5.92 Å². The molecule has 0 spiro atoms. The number of hydrogen-bond donors (Lipinski definition) is 2. The van der Waals surface area contributed by atoms with Crippen LogP contribution < -0.4 is 11.1 Å². The molecule has 1 aliphatic rings. The van der Waals surface area contributed by atoms with E-state index in [0.717, 1.165) is 19.4 Å². The van der Waals surface area contributed by atoms with Crippen LogP contribution in [0.4, 0.5) is 0 Å². The van der Waals surface area contributed by atoms with Crippen LogP contribution in [0.15, 0.2) is 0 Å². The molecule has 0 saturated carbocycles. The molecular weight excluding hydrogens is 208 g/mol. The minimum atomic E-state index is -0.312. The number of carbonyl (C=O) groups excluding carboxylic acids is 1. The standard InChI is InChI=1S/C11H22N2OS/c1-2-3-10(12)11(14)13-8-9-4-6-15-7-5-9/h9-10H,2-8,12H2,1H3,(H,13,14)/t10-/m1/s1. The molecule has 15 heavy (non-hydrogen) atoms. The second-order valence-electron chi connectivity index (χ2n) is 4.20. The van der Waals surface area contributed by atoms with Gasteiger partial charge in [-0.25, -0.2) is 0 Å². The summed E-state index contributed by atoms with van der Waals surface area (Å²) in [5.41, 5.74) is 5.73. The lowest BCUT2D eigenvalue weighted by Crippen LogP contribution is -2.42. The molecule has 0 aliphatic carbocycles. The molecule has 0 bridgehead atoms. The number of hydrogen-bond acceptors (Lipinski definition) is 3. The summed E-state index contributed by atoms with van der Waals surface area (Å²) >= 11 is 2.01. The van der Waals surface area contributed by atoms with Gasteiger partial charge in [0.15, 0.2) is 0 Å². The van der Waals surface area contributed by atoms with Gasteiger partial charge in [-0.2, -0.15) is 11.8 Å². The first kappa shape index (κ1) is 12.8. The Labute approximate surface area is 96.6 Å². The van der Waals surface area contributed by atoms with Crippen LogP contribution in [0.2, 0.25) is 0 Å². The molecule has 1 rings (SSSR count). The van der Waals surface area contributed by atoms with E-state index in [1.807, 2.05) is 18.7 Å². The molecule has 1 atom stereocenters. The Bertz CT molecular complexity index is 193. The van der Waals surface area contributed by atoms with E-state index in [2.05, 4.69) is 5.32 Å².